The van der Waals surface area contributed by atoms with Crippen molar-refractivity contribution in [1.29, 1.82) is 0 Å². The SMILES string of the molecule is CCNC(=NCc1ncccc1C)NC1CCCC(C(=O)NC2CC2)C1. The van der Waals surface area contributed by atoms with Crippen LogP contribution in [0.3, 0.4) is 0 Å². The average molecular weight is 358 g/mol. The molecule has 2 unspecified atom stereocenters. The molecular weight excluding hydrogens is 326 g/mol. The summed E-state index contributed by atoms with van der Waals surface area (Å²) in [5, 5.41) is 10.0. The average Bonchev–Trinajstić information content (AvgIpc) is 3.45. The highest BCUT2D eigenvalue weighted by Crippen LogP contribution is 2.26. The molecule has 0 radical (unpaired) electrons. The topological polar surface area (TPSA) is 78.4 Å². The van der Waals surface area contributed by atoms with E-state index in [0.29, 0.717) is 18.6 Å². The van der Waals surface area contributed by atoms with Gasteiger partial charge in [0.05, 0.1) is 12.2 Å². The number of aliphatic imine (C=N–C) groups is 1. The first kappa shape index (κ1) is 18.7. The van der Waals surface area contributed by atoms with E-state index >= 15 is 0 Å². The number of hydrogen-bond acceptors (Lipinski definition) is 3. The molecule has 0 aromatic carbocycles. The summed E-state index contributed by atoms with van der Waals surface area (Å²) >= 11 is 0. The molecule has 2 saturated carbocycles. The van der Waals surface area contributed by atoms with Gasteiger partial charge in [-0.3, -0.25) is 9.78 Å². The summed E-state index contributed by atoms with van der Waals surface area (Å²) in [4.78, 5) is 21.5. The van der Waals surface area contributed by atoms with E-state index in [1.54, 1.807) is 0 Å². The molecule has 1 aromatic rings. The third kappa shape index (κ3) is 5.44. The summed E-state index contributed by atoms with van der Waals surface area (Å²) in [7, 11) is 0. The summed E-state index contributed by atoms with van der Waals surface area (Å²) in [5.74, 6) is 1.18. The highest BCUT2D eigenvalue weighted by Gasteiger charge is 2.31. The molecule has 3 rings (SSSR count). The number of guanidine groups is 1. The zero-order chi connectivity index (χ0) is 18.4. The molecule has 26 heavy (non-hydrogen) atoms. The summed E-state index contributed by atoms with van der Waals surface area (Å²) in [6.07, 6.45) is 8.14. The quantitative estimate of drug-likeness (QED) is 0.539. The Hall–Kier alpha value is -2.11. The number of aromatic nitrogens is 1. The fraction of sp³-hybridized carbons (Fsp3) is 0.650. The Kier molecular flexibility index (Phi) is 6.47. The number of nitrogens with one attached hydrogen (secondary N) is 3. The normalized spacial score (nSPS) is 23.4. The second-order valence-corrected chi connectivity index (χ2v) is 7.45. The second kappa shape index (κ2) is 9.01. The summed E-state index contributed by atoms with van der Waals surface area (Å²) < 4.78 is 0. The number of amides is 1. The lowest BCUT2D eigenvalue weighted by atomic mass is 9.85. The van der Waals surface area contributed by atoms with Crippen molar-refractivity contribution in [3.8, 4) is 0 Å². The molecule has 142 valence electrons. The van der Waals surface area contributed by atoms with Gasteiger partial charge < -0.3 is 16.0 Å². The van der Waals surface area contributed by atoms with Gasteiger partial charge in [0.2, 0.25) is 5.91 Å². The fourth-order valence-electron chi connectivity index (χ4n) is 3.46. The first-order valence-corrected chi connectivity index (χ1v) is 9.91. The van der Waals surface area contributed by atoms with Gasteiger partial charge in [0.1, 0.15) is 0 Å². The van der Waals surface area contributed by atoms with E-state index in [-0.39, 0.29) is 11.8 Å². The monoisotopic (exact) mass is 357 g/mol. The molecule has 1 amide bonds. The van der Waals surface area contributed by atoms with E-state index in [9.17, 15) is 4.79 Å². The smallest absolute Gasteiger partial charge is 0.223 e. The Balaban J connectivity index is 1.56. The third-order valence-electron chi connectivity index (χ3n) is 5.16. The summed E-state index contributed by atoms with van der Waals surface area (Å²) in [6.45, 7) is 5.49. The molecule has 2 aliphatic carbocycles. The van der Waals surface area contributed by atoms with E-state index < -0.39 is 0 Å². The van der Waals surface area contributed by atoms with Gasteiger partial charge in [-0.25, -0.2) is 4.99 Å². The largest absolute Gasteiger partial charge is 0.357 e. The molecular formula is C20H31N5O. The third-order valence-corrected chi connectivity index (χ3v) is 5.16. The van der Waals surface area contributed by atoms with Crippen LogP contribution in [0.2, 0.25) is 0 Å². The minimum atomic E-state index is 0.128. The van der Waals surface area contributed by atoms with Crippen molar-refractivity contribution in [2.75, 3.05) is 6.54 Å². The lowest BCUT2D eigenvalue weighted by Gasteiger charge is -2.30. The molecule has 1 heterocycles. The fourth-order valence-corrected chi connectivity index (χ4v) is 3.46. The number of hydrogen-bond donors (Lipinski definition) is 3. The summed E-state index contributed by atoms with van der Waals surface area (Å²) in [6, 6.07) is 4.74. The molecule has 3 N–H and O–H groups in total. The van der Waals surface area contributed by atoms with Gasteiger partial charge in [-0.15, -0.1) is 0 Å². The summed E-state index contributed by atoms with van der Waals surface area (Å²) in [5.41, 5.74) is 2.15. The van der Waals surface area contributed by atoms with Gasteiger partial charge in [0.25, 0.3) is 0 Å². The maximum atomic E-state index is 12.4. The van der Waals surface area contributed by atoms with Crippen molar-refractivity contribution < 1.29 is 4.79 Å². The highest BCUT2D eigenvalue weighted by molar-refractivity contribution is 5.81. The predicted molar refractivity (Wildman–Crippen MR) is 104 cm³/mol. The maximum Gasteiger partial charge on any atom is 0.223 e. The van der Waals surface area contributed by atoms with Crippen LogP contribution in [0.5, 0.6) is 0 Å². The Morgan fingerprint density at radius 1 is 1.23 bits per heavy atom. The molecule has 0 spiro atoms. The van der Waals surface area contributed by atoms with E-state index in [2.05, 4.69) is 40.8 Å². The molecule has 6 heteroatoms. The minimum Gasteiger partial charge on any atom is -0.357 e. The van der Waals surface area contributed by atoms with E-state index in [0.717, 1.165) is 62.3 Å². The van der Waals surface area contributed by atoms with Crippen molar-refractivity contribution in [2.45, 2.75) is 71.0 Å². The van der Waals surface area contributed by atoms with Crippen molar-refractivity contribution in [3.63, 3.8) is 0 Å². The van der Waals surface area contributed by atoms with Crippen LogP contribution < -0.4 is 16.0 Å². The predicted octanol–water partition coefficient (Wildman–Crippen LogP) is 2.28. The molecule has 2 aliphatic rings. The van der Waals surface area contributed by atoms with E-state index in [1.807, 2.05) is 12.3 Å². The Labute approximate surface area is 156 Å². The first-order chi connectivity index (χ1) is 12.7. The van der Waals surface area contributed by atoms with Crippen molar-refractivity contribution in [3.05, 3.63) is 29.6 Å². The molecule has 0 saturated heterocycles. The van der Waals surface area contributed by atoms with Crippen LogP contribution in [-0.4, -0.2) is 35.5 Å². The van der Waals surface area contributed by atoms with Gasteiger partial charge in [-0.2, -0.15) is 0 Å². The maximum absolute atomic E-state index is 12.4. The Bertz CT molecular complexity index is 641. The van der Waals surface area contributed by atoms with Gasteiger partial charge in [-0.05, 0) is 57.6 Å². The number of carbonyl (C=O) groups is 1. The Morgan fingerprint density at radius 3 is 2.81 bits per heavy atom. The minimum absolute atomic E-state index is 0.128. The standard InChI is InChI=1S/C20H31N5O/c1-3-21-20(23-13-18-14(2)6-5-11-22-18)25-17-8-4-7-15(12-17)19(26)24-16-9-10-16/h5-6,11,15-17H,3-4,7-10,12-13H2,1-2H3,(H,24,26)(H2,21,23,25). The van der Waals surface area contributed by atoms with Crippen LogP contribution in [-0.2, 0) is 11.3 Å². The van der Waals surface area contributed by atoms with Crippen molar-refractivity contribution in [1.82, 2.24) is 20.9 Å². The van der Waals surface area contributed by atoms with Crippen LogP contribution in [0.25, 0.3) is 0 Å². The zero-order valence-corrected chi connectivity index (χ0v) is 15.9. The second-order valence-electron chi connectivity index (χ2n) is 7.45. The Morgan fingerprint density at radius 2 is 2.08 bits per heavy atom. The van der Waals surface area contributed by atoms with Crippen molar-refractivity contribution >= 4 is 11.9 Å². The number of nitrogens with zero attached hydrogens (tertiary/aromatic N) is 2. The van der Waals surface area contributed by atoms with Gasteiger partial charge in [0.15, 0.2) is 5.96 Å². The molecule has 1 aromatic heterocycles. The molecule has 6 nitrogen and oxygen atoms in total. The molecule has 2 atom stereocenters. The highest BCUT2D eigenvalue weighted by atomic mass is 16.2. The van der Waals surface area contributed by atoms with Gasteiger partial charge in [-0.1, -0.05) is 12.5 Å². The number of aryl methyl sites for hydroxylation is 1. The lowest BCUT2D eigenvalue weighted by molar-refractivity contribution is -0.126. The van der Waals surface area contributed by atoms with E-state index in [1.165, 1.54) is 0 Å². The van der Waals surface area contributed by atoms with Crippen LogP contribution in [0.1, 0.15) is 56.7 Å². The molecule has 0 bridgehead atoms. The number of rotatable bonds is 6. The van der Waals surface area contributed by atoms with Gasteiger partial charge in [0, 0.05) is 30.7 Å². The van der Waals surface area contributed by atoms with Crippen LogP contribution in [0.4, 0.5) is 0 Å². The van der Waals surface area contributed by atoms with Crippen LogP contribution >= 0.6 is 0 Å². The lowest BCUT2D eigenvalue weighted by Crippen LogP contribution is -2.47. The van der Waals surface area contributed by atoms with Crippen molar-refractivity contribution in [2.24, 2.45) is 10.9 Å². The zero-order valence-electron chi connectivity index (χ0n) is 15.9. The van der Waals surface area contributed by atoms with Crippen LogP contribution in [0.15, 0.2) is 23.3 Å². The van der Waals surface area contributed by atoms with Gasteiger partial charge >= 0.3 is 0 Å². The number of carbonyl (C=O) groups excluding carboxylic acids is 1. The molecule has 0 aliphatic heterocycles. The van der Waals surface area contributed by atoms with Crippen LogP contribution in [0, 0.1) is 12.8 Å². The first-order valence-electron chi connectivity index (χ1n) is 9.91. The van der Waals surface area contributed by atoms with E-state index in [4.69, 9.17) is 4.99 Å². The number of pyridine rings is 1. The molecule has 2 fully saturated rings.